The van der Waals surface area contributed by atoms with Gasteiger partial charge in [-0.15, -0.1) is 0 Å². The quantitative estimate of drug-likeness (QED) is 0.723. The lowest BCUT2D eigenvalue weighted by Crippen LogP contribution is -2.14. The van der Waals surface area contributed by atoms with Crippen LogP contribution >= 0.6 is 15.9 Å². The van der Waals surface area contributed by atoms with E-state index in [1.807, 2.05) is 25.1 Å². The normalized spacial score (nSPS) is 14.2. The Bertz CT molecular complexity index is 379. The molecule has 0 heterocycles. The lowest BCUT2D eigenvalue weighted by atomic mass is 10.0. The van der Waals surface area contributed by atoms with Crippen LogP contribution in [0.2, 0.25) is 0 Å². The molecule has 0 fully saturated rings. The summed E-state index contributed by atoms with van der Waals surface area (Å²) in [5.74, 6) is 1.57. The molecule has 0 saturated heterocycles. The third-order valence-corrected chi connectivity index (χ3v) is 3.97. The molecule has 0 aliphatic carbocycles. The van der Waals surface area contributed by atoms with Gasteiger partial charge in [0.2, 0.25) is 0 Å². The average molecular weight is 328 g/mol. The number of halogens is 1. The fraction of sp³-hybridized carbons (Fsp3) is 0.625. The van der Waals surface area contributed by atoms with Gasteiger partial charge in [0.15, 0.2) is 0 Å². The molecule has 0 amide bonds. The monoisotopic (exact) mass is 327 g/mol. The molecule has 0 aliphatic heterocycles. The van der Waals surface area contributed by atoms with Crippen LogP contribution in [0.5, 0.6) is 5.75 Å². The molecule has 0 aliphatic rings. The highest BCUT2D eigenvalue weighted by Gasteiger charge is 2.12. The van der Waals surface area contributed by atoms with Gasteiger partial charge in [0, 0.05) is 16.1 Å². The van der Waals surface area contributed by atoms with Gasteiger partial charge < -0.3 is 10.5 Å². The van der Waals surface area contributed by atoms with Crippen molar-refractivity contribution in [2.75, 3.05) is 6.61 Å². The number of hydrogen-bond donors (Lipinski definition) is 1. The number of benzene rings is 1. The Hall–Kier alpha value is -0.540. The highest BCUT2D eigenvalue weighted by Crippen LogP contribution is 2.28. The van der Waals surface area contributed by atoms with Gasteiger partial charge in [-0.05, 0) is 37.5 Å². The molecule has 1 aromatic carbocycles. The van der Waals surface area contributed by atoms with Crippen LogP contribution < -0.4 is 10.5 Å². The minimum atomic E-state index is -0.0109. The maximum atomic E-state index is 6.00. The van der Waals surface area contributed by atoms with Crippen LogP contribution in [0.4, 0.5) is 0 Å². The predicted molar refractivity (Wildman–Crippen MR) is 85.5 cm³/mol. The van der Waals surface area contributed by atoms with Crippen LogP contribution in [0.25, 0.3) is 0 Å². The van der Waals surface area contributed by atoms with E-state index in [2.05, 4.69) is 29.8 Å². The summed E-state index contributed by atoms with van der Waals surface area (Å²) in [6.07, 6.45) is 4.95. The summed E-state index contributed by atoms with van der Waals surface area (Å²) in [6.45, 7) is 7.25. The van der Waals surface area contributed by atoms with Crippen LogP contribution in [0.15, 0.2) is 22.7 Å². The Balaban J connectivity index is 2.65. The van der Waals surface area contributed by atoms with E-state index >= 15 is 0 Å². The van der Waals surface area contributed by atoms with Gasteiger partial charge in [0.05, 0.1) is 6.61 Å². The van der Waals surface area contributed by atoms with Crippen LogP contribution in [0, 0.1) is 5.92 Å². The maximum absolute atomic E-state index is 6.00. The molecule has 0 radical (unpaired) electrons. The Morgan fingerprint density at radius 3 is 2.63 bits per heavy atom. The van der Waals surface area contributed by atoms with Crippen LogP contribution in [-0.2, 0) is 0 Å². The second kappa shape index (κ2) is 8.60. The average Bonchev–Trinajstić information content (AvgIpc) is 2.40. The molecular formula is C16H26BrNO. The molecule has 1 aromatic rings. The van der Waals surface area contributed by atoms with E-state index in [1.165, 1.54) is 25.7 Å². The molecule has 2 N–H and O–H groups in total. The minimum absolute atomic E-state index is 0.0109. The van der Waals surface area contributed by atoms with Crippen molar-refractivity contribution in [2.45, 2.75) is 52.5 Å². The second-order valence-electron chi connectivity index (χ2n) is 5.20. The standard InChI is InChI=1S/C16H26BrNO/c1-4-6-7-13(5-2)11-19-16-9-8-14(17)10-15(16)12(3)18/h8-10,12-13H,4-7,11,18H2,1-3H3/t12-,13?/m0/s1. The van der Waals surface area contributed by atoms with E-state index < -0.39 is 0 Å². The van der Waals surface area contributed by atoms with Crippen molar-refractivity contribution in [1.29, 1.82) is 0 Å². The van der Waals surface area contributed by atoms with Gasteiger partial charge in [-0.3, -0.25) is 0 Å². The molecule has 2 nitrogen and oxygen atoms in total. The number of nitrogens with two attached hydrogens (primary N) is 1. The number of rotatable bonds is 8. The SMILES string of the molecule is CCCCC(CC)COc1ccc(Br)cc1[C@H](C)N. The van der Waals surface area contributed by atoms with Gasteiger partial charge in [-0.2, -0.15) is 0 Å². The molecule has 108 valence electrons. The Morgan fingerprint density at radius 1 is 1.32 bits per heavy atom. The van der Waals surface area contributed by atoms with Gasteiger partial charge in [0.25, 0.3) is 0 Å². The molecule has 0 spiro atoms. The van der Waals surface area contributed by atoms with Gasteiger partial charge >= 0.3 is 0 Å². The van der Waals surface area contributed by atoms with Crippen molar-refractivity contribution in [2.24, 2.45) is 11.7 Å². The zero-order valence-electron chi connectivity index (χ0n) is 12.3. The molecule has 0 saturated carbocycles. The molecule has 0 aromatic heterocycles. The minimum Gasteiger partial charge on any atom is -0.493 e. The van der Waals surface area contributed by atoms with Gasteiger partial charge in [0.1, 0.15) is 5.75 Å². The van der Waals surface area contributed by atoms with Crippen LogP contribution in [0.3, 0.4) is 0 Å². The first-order chi connectivity index (χ1) is 9.08. The summed E-state index contributed by atoms with van der Waals surface area (Å²) in [5.41, 5.74) is 7.07. The third-order valence-electron chi connectivity index (χ3n) is 3.48. The van der Waals surface area contributed by atoms with Gasteiger partial charge in [-0.1, -0.05) is 49.0 Å². The molecule has 0 bridgehead atoms. The molecule has 1 rings (SSSR count). The topological polar surface area (TPSA) is 35.2 Å². The molecular weight excluding hydrogens is 302 g/mol. The van der Waals surface area contributed by atoms with Crippen molar-refractivity contribution < 1.29 is 4.74 Å². The lowest BCUT2D eigenvalue weighted by molar-refractivity contribution is 0.231. The molecule has 19 heavy (non-hydrogen) atoms. The van der Waals surface area contributed by atoms with Crippen molar-refractivity contribution >= 4 is 15.9 Å². The van der Waals surface area contributed by atoms with E-state index in [0.717, 1.165) is 22.4 Å². The number of hydrogen-bond acceptors (Lipinski definition) is 2. The zero-order valence-corrected chi connectivity index (χ0v) is 13.9. The summed E-state index contributed by atoms with van der Waals surface area (Å²) in [7, 11) is 0. The fourth-order valence-electron chi connectivity index (χ4n) is 2.11. The molecule has 3 heteroatoms. The third kappa shape index (κ3) is 5.53. The smallest absolute Gasteiger partial charge is 0.124 e. The summed E-state index contributed by atoms with van der Waals surface area (Å²) in [5, 5.41) is 0. The highest BCUT2D eigenvalue weighted by molar-refractivity contribution is 9.10. The predicted octanol–water partition coefficient (Wildman–Crippen LogP) is 5.06. The van der Waals surface area contributed by atoms with E-state index in [4.69, 9.17) is 10.5 Å². The van der Waals surface area contributed by atoms with Crippen molar-refractivity contribution in [3.05, 3.63) is 28.2 Å². The Kier molecular flexibility index (Phi) is 7.47. The Morgan fingerprint density at radius 2 is 2.05 bits per heavy atom. The van der Waals surface area contributed by atoms with Crippen molar-refractivity contribution in [3.8, 4) is 5.75 Å². The summed E-state index contributed by atoms with van der Waals surface area (Å²) >= 11 is 3.48. The fourth-order valence-corrected chi connectivity index (χ4v) is 2.49. The van der Waals surface area contributed by atoms with Crippen molar-refractivity contribution in [3.63, 3.8) is 0 Å². The first-order valence-corrected chi connectivity index (χ1v) is 8.05. The summed E-state index contributed by atoms with van der Waals surface area (Å²) < 4.78 is 7.05. The van der Waals surface area contributed by atoms with E-state index in [0.29, 0.717) is 5.92 Å². The summed E-state index contributed by atoms with van der Waals surface area (Å²) in [6, 6.07) is 6.06. The molecule has 1 unspecified atom stereocenters. The lowest BCUT2D eigenvalue weighted by Gasteiger charge is -2.19. The van der Waals surface area contributed by atoms with Crippen LogP contribution in [0.1, 0.15) is 58.1 Å². The first-order valence-electron chi connectivity index (χ1n) is 7.26. The summed E-state index contributed by atoms with van der Waals surface area (Å²) in [4.78, 5) is 0. The van der Waals surface area contributed by atoms with E-state index in [-0.39, 0.29) is 6.04 Å². The van der Waals surface area contributed by atoms with Crippen LogP contribution in [-0.4, -0.2) is 6.61 Å². The second-order valence-corrected chi connectivity index (χ2v) is 6.11. The number of unbranched alkanes of at least 4 members (excludes halogenated alkanes) is 1. The largest absolute Gasteiger partial charge is 0.493 e. The van der Waals surface area contributed by atoms with Crippen molar-refractivity contribution in [1.82, 2.24) is 0 Å². The van der Waals surface area contributed by atoms with E-state index in [9.17, 15) is 0 Å². The Labute approximate surface area is 125 Å². The molecule has 2 atom stereocenters. The highest BCUT2D eigenvalue weighted by atomic mass is 79.9. The maximum Gasteiger partial charge on any atom is 0.124 e. The zero-order chi connectivity index (χ0) is 14.3. The van der Waals surface area contributed by atoms with Gasteiger partial charge in [-0.25, -0.2) is 0 Å². The van der Waals surface area contributed by atoms with E-state index in [1.54, 1.807) is 0 Å². The number of ether oxygens (including phenoxy) is 1. The first kappa shape index (κ1) is 16.5.